The average molecular weight is 452 g/mol. The lowest BCUT2D eigenvalue weighted by Gasteiger charge is -2.27. The summed E-state index contributed by atoms with van der Waals surface area (Å²) >= 11 is 0. The summed E-state index contributed by atoms with van der Waals surface area (Å²) in [6.45, 7) is 4.33. The summed E-state index contributed by atoms with van der Waals surface area (Å²) in [5.74, 6) is 1.44. The molecule has 0 unspecified atom stereocenters. The summed E-state index contributed by atoms with van der Waals surface area (Å²) in [4.78, 5) is 20.8. The highest BCUT2D eigenvalue weighted by atomic mass is 19.4. The zero-order valence-electron chi connectivity index (χ0n) is 18.3. The van der Waals surface area contributed by atoms with Crippen molar-refractivity contribution in [3.05, 3.63) is 42.1 Å². The molecule has 0 saturated carbocycles. The number of hydrogen-bond donors (Lipinski definition) is 1. The van der Waals surface area contributed by atoms with Gasteiger partial charge in [-0.25, -0.2) is 4.98 Å². The van der Waals surface area contributed by atoms with Gasteiger partial charge >= 0.3 is 6.18 Å². The Morgan fingerprint density at radius 3 is 2.44 bits per heavy atom. The highest BCUT2D eigenvalue weighted by Crippen LogP contribution is 2.31. The number of pyridine rings is 1. The summed E-state index contributed by atoms with van der Waals surface area (Å²) in [7, 11) is 3.07. The number of anilines is 2. The lowest BCUT2D eigenvalue weighted by Crippen LogP contribution is -2.44. The van der Waals surface area contributed by atoms with Gasteiger partial charge in [0, 0.05) is 44.1 Å². The monoisotopic (exact) mass is 452 g/mol. The standard InChI is InChI=1S/C22H27F3N4O3/c1-15(21(30)27-17-6-7-18(31-2)19(13-17)32-3)28-9-4-10-29(12-11-28)20-8-5-16(14-26-20)22(23,24)25/h5-8,13-15H,4,9-12H2,1-3H3,(H,27,30)/t15-/m1/s1. The highest BCUT2D eigenvalue weighted by Gasteiger charge is 2.31. The van der Waals surface area contributed by atoms with Crippen molar-refractivity contribution in [2.75, 3.05) is 50.6 Å². The van der Waals surface area contributed by atoms with Crippen LogP contribution < -0.4 is 19.7 Å². The third-order valence-electron chi connectivity index (χ3n) is 5.51. The molecule has 1 atom stereocenters. The first-order valence-electron chi connectivity index (χ1n) is 10.3. The van der Waals surface area contributed by atoms with Crippen LogP contribution in [0.5, 0.6) is 11.5 Å². The van der Waals surface area contributed by atoms with E-state index in [-0.39, 0.29) is 11.9 Å². The van der Waals surface area contributed by atoms with Gasteiger partial charge in [0.05, 0.1) is 25.8 Å². The molecule has 1 N–H and O–H groups in total. The Labute approximate surface area is 185 Å². The van der Waals surface area contributed by atoms with Crippen molar-refractivity contribution in [2.24, 2.45) is 0 Å². The van der Waals surface area contributed by atoms with E-state index in [2.05, 4.69) is 15.2 Å². The number of carbonyl (C=O) groups excluding carboxylic acids is 1. The van der Waals surface area contributed by atoms with Crippen LogP contribution in [0, 0.1) is 0 Å². The number of methoxy groups -OCH3 is 2. The molecule has 1 aromatic heterocycles. The van der Waals surface area contributed by atoms with Crippen LogP contribution in [-0.4, -0.2) is 62.2 Å². The van der Waals surface area contributed by atoms with Gasteiger partial charge in [0.25, 0.3) is 0 Å². The van der Waals surface area contributed by atoms with Crippen LogP contribution in [0.2, 0.25) is 0 Å². The fraction of sp³-hybridized carbons (Fsp3) is 0.455. The molecule has 2 heterocycles. The number of benzene rings is 1. The van der Waals surface area contributed by atoms with Gasteiger partial charge < -0.3 is 19.7 Å². The van der Waals surface area contributed by atoms with E-state index in [9.17, 15) is 18.0 Å². The first-order chi connectivity index (χ1) is 15.2. The quantitative estimate of drug-likeness (QED) is 0.722. The van der Waals surface area contributed by atoms with E-state index in [4.69, 9.17) is 9.47 Å². The topological polar surface area (TPSA) is 66.9 Å². The van der Waals surface area contributed by atoms with Crippen LogP contribution in [0.15, 0.2) is 36.5 Å². The normalized spacial score (nSPS) is 16.2. The van der Waals surface area contributed by atoms with Gasteiger partial charge in [-0.15, -0.1) is 0 Å². The number of ether oxygens (including phenoxy) is 2. The lowest BCUT2D eigenvalue weighted by molar-refractivity contribution is -0.137. The summed E-state index contributed by atoms with van der Waals surface area (Å²) < 4.78 is 48.8. The van der Waals surface area contributed by atoms with Gasteiger partial charge in [0.2, 0.25) is 5.91 Å². The van der Waals surface area contributed by atoms with Crippen LogP contribution in [0.3, 0.4) is 0 Å². The Morgan fingerprint density at radius 2 is 1.81 bits per heavy atom. The van der Waals surface area contributed by atoms with Crippen molar-refractivity contribution in [3.8, 4) is 11.5 Å². The fourth-order valence-corrected chi connectivity index (χ4v) is 3.62. The van der Waals surface area contributed by atoms with Gasteiger partial charge in [-0.3, -0.25) is 9.69 Å². The fourth-order valence-electron chi connectivity index (χ4n) is 3.62. The molecule has 7 nitrogen and oxygen atoms in total. The number of amides is 1. The number of rotatable bonds is 6. The van der Waals surface area contributed by atoms with Gasteiger partial charge in [-0.2, -0.15) is 13.2 Å². The van der Waals surface area contributed by atoms with Crippen LogP contribution in [-0.2, 0) is 11.0 Å². The third kappa shape index (κ3) is 5.61. The smallest absolute Gasteiger partial charge is 0.417 e. The zero-order chi connectivity index (χ0) is 23.3. The van der Waals surface area contributed by atoms with E-state index in [1.807, 2.05) is 11.8 Å². The van der Waals surface area contributed by atoms with Gasteiger partial charge in [-0.1, -0.05) is 0 Å². The predicted molar refractivity (Wildman–Crippen MR) is 115 cm³/mol. The molecule has 1 aromatic carbocycles. The van der Waals surface area contributed by atoms with Crippen LogP contribution in [0.4, 0.5) is 24.7 Å². The van der Waals surface area contributed by atoms with Crippen LogP contribution in [0.1, 0.15) is 18.9 Å². The molecule has 0 spiro atoms. The molecule has 1 fully saturated rings. The van der Waals surface area contributed by atoms with Gasteiger partial charge in [0.15, 0.2) is 11.5 Å². The minimum absolute atomic E-state index is 0.154. The number of aromatic nitrogens is 1. The van der Waals surface area contributed by atoms with Gasteiger partial charge in [0.1, 0.15) is 5.82 Å². The molecule has 3 rings (SSSR count). The Balaban J connectivity index is 1.60. The van der Waals surface area contributed by atoms with E-state index < -0.39 is 11.7 Å². The average Bonchev–Trinajstić information content (AvgIpc) is 3.04. The van der Waals surface area contributed by atoms with E-state index in [0.717, 1.165) is 18.7 Å². The molecule has 2 aromatic rings. The molecule has 10 heteroatoms. The molecule has 1 saturated heterocycles. The number of nitrogens with one attached hydrogen (secondary N) is 1. The molecule has 0 aliphatic carbocycles. The Bertz CT molecular complexity index is 922. The van der Waals surface area contributed by atoms with Crippen molar-refractivity contribution in [2.45, 2.75) is 25.6 Å². The molecule has 1 amide bonds. The van der Waals surface area contributed by atoms with E-state index in [1.165, 1.54) is 13.2 Å². The zero-order valence-corrected chi connectivity index (χ0v) is 18.3. The molecule has 32 heavy (non-hydrogen) atoms. The number of halogens is 3. The summed E-state index contributed by atoms with van der Waals surface area (Å²) in [5.41, 5.74) is -0.164. The number of nitrogens with zero attached hydrogens (tertiary/aromatic N) is 3. The van der Waals surface area contributed by atoms with E-state index in [1.54, 1.807) is 25.3 Å². The first-order valence-corrected chi connectivity index (χ1v) is 10.3. The Kier molecular flexibility index (Phi) is 7.44. The summed E-state index contributed by atoms with van der Waals surface area (Å²) in [6, 6.07) is 7.22. The molecule has 1 aliphatic heterocycles. The van der Waals surface area contributed by atoms with Crippen molar-refractivity contribution in [1.29, 1.82) is 0 Å². The maximum absolute atomic E-state index is 12.8. The van der Waals surface area contributed by atoms with Crippen molar-refractivity contribution < 1.29 is 27.4 Å². The van der Waals surface area contributed by atoms with E-state index in [0.29, 0.717) is 49.2 Å². The van der Waals surface area contributed by atoms with Crippen molar-refractivity contribution in [3.63, 3.8) is 0 Å². The Morgan fingerprint density at radius 1 is 1.06 bits per heavy atom. The maximum Gasteiger partial charge on any atom is 0.417 e. The van der Waals surface area contributed by atoms with Crippen LogP contribution in [0.25, 0.3) is 0 Å². The second-order valence-corrected chi connectivity index (χ2v) is 7.51. The van der Waals surface area contributed by atoms with Crippen molar-refractivity contribution in [1.82, 2.24) is 9.88 Å². The minimum Gasteiger partial charge on any atom is -0.493 e. The molecule has 0 bridgehead atoms. The minimum atomic E-state index is -4.40. The number of carbonyl (C=O) groups is 1. The second kappa shape index (κ2) is 10.1. The lowest BCUT2D eigenvalue weighted by atomic mass is 10.2. The van der Waals surface area contributed by atoms with Crippen molar-refractivity contribution >= 4 is 17.4 Å². The highest BCUT2D eigenvalue weighted by molar-refractivity contribution is 5.94. The van der Waals surface area contributed by atoms with Gasteiger partial charge in [-0.05, 0) is 37.6 Å². The van der Waals surface area contributed by atoms with E-state index >= 15 is 0 Å². The summed E-state index contributed by atoms with van der Waals surface area (Å²) in [5, 5.41) is 2.90. The largest absolute Gasteiger partial charge is 0.493 e. The third-order valence-corrected chi connectivity index (χ3v) is 5.51. The first kappa shape index (κ1) is 23.6. The van der Waals surface area contributed by atoms with Crippen LogP contribution >= 0.6 is 0 Å². The summed E-state index contributed by atoms with van der Waals surface area (Å²) in [6.07, 6.45) is -2.79. The molecule has 0 radical (unpaired) electrons. The molecular weight excluding hydrogens is 425 g/mol. The molecule has 174 valence electrons. The Hall–Kier alpha value is -3.01. The SMILES string of the molecule is COc1ccc(NC(=O)[C@@H](C)N2CCCN(c3ccc(C(F)(F)F)cn3)CC2)cc1OC. The number of hydrogen-bond acceptors (Lipinski definition) is 6. The predicted octanol–water partition coefficient (Wildman–Crippen LogP) is 3.66. The number of alkyl halides is 3. The second-order valence-electron chi connectivity index (χ2n) is 7.51. The molecule has 1 aliphatic rings. The maximum atomic E-state index is 12.8. The molecular formula is C22H27F3N4O3.